The zero-order valence-electron chi connectivity index (χ0n) is 14.9. The highest BCUT2D eigenvalue weighted by Crippen LogP contribution is 2.32. The van der Waals surface area contributed by atoms with E-state index in [0.717, 1.165) is 12.2 Å². The summed E-state index contributed by atoms with van der Waals surface area (Å²) in [4.78, 5) is 12.6. The van der Waals surface area contributed by atoms with Crippen LogP contribution in [0.1, 0.15) is 23.7 Å². The molecule has 3 rings (SSSR count). The van der Waals surface area contributed by atoms with Crippen LogP contribution >= 0.6 is 11.6 Å². The number of para-hydroxylation sites is 1. The molecule has 27 heavy (non-hydrogen) atoms. The summed E-state index contributed by atoms with van der Waals surface area (Å²) in [6, 6.07) is 21.5. The molecule has 0 aromatic heterocycles. The van der Waals surface area contributed by atoms with Gasteiger partial charge in [0.1, 0.15) is 11.5 Å². The van der Waals surface area contributed by atoms with E-state index in [1.54, 1.807) is 42.5 Å². The Balaban J connectivity index is 1.76. The maximum atomic E-state index is 12.6. The molecule has 0 aliphatic heterocycles. The number of ether oxygens (including phenoxy) is 2. The maximum absolute atomic E-state index is 12.6. The molecule has 0 aliphatic rings. The van der Waals surface area contributed by atoms with Crippen molar-refractivity contribution < 1.29 is 14.3 Å². The monoisotopic (exact) mass is 381 g/mol. The van der Waals surface area contributed by atoms with Crippen LogP contribution in [0.25, 0.3) is 0 Å². The van der Waals surface area contributed by atoms with Crippen LogP contribution in [0.3, 0.4) is 0 Å². The summed E-state index contributed by atoms with van der Waals surface area (Å²) in [6.45, 7) is 2.69. The Morgan fingerprint density at radius 3 is 2.41 bits per heavy atom. The molecule has 0 heterocycles. The van der Waals surface area contributed by atoms with E-state index in [4.69, 9.17) is 21.1 Å². The van der Waals surface area contributed by atoms with Gasteiger partial charge in [0.15, 0.2) is 5.75 Å². The van der Waals surface area contributed by atoms with Crippen molar-refractivity contribution in [2.75, 3.05) is 11.9 Å². The smallest absolute Gasteiger partial charge is 0.255 e. The van der Waals surface area contributed by atoms with E-state index in [1.807, 2.05) is 37.3 Å². The van der Waals surface area contributed by atoms with Gasteiger partial charge in [-0.3, -0.25) is 4.79 Å². The molecule has 3 aromatic rings. The molecule has 0 atom stereocenters. The lowest BCUT2D eigenvalue weighted by Gasteiger charge is -2.13. The quantitative estimate of drug-likeness (QED) is 0.532. The number of carbonyl (C=O) groups excluding carboxylic acids is 1. The van der Waals surface area contributed by atoms with Gasteiger partial charge < -0.3 is 14.8 Å². The number of anilines is 1. The molecule has 138 valence electrons. The van der Waals surface area contributed by atoms with Gasteiger partial charge in [0.25, 0.3) is 5.91 Å². The average molecular weight is 382 g/mol. The molecule has 3 aromatic carbocycles. The zero-order valence-corrected chi connectivity index (χ0v) is 15.7. The van der Waals surface area contributed by atoms with Crippen LogP contribution in [-0.4, -0.2) is 12.5 Å². The lowest BCUT2D eigenvalue weighted by molar-refractivity contribution is 0.102. The summed E-state index contributed by atoms with van der Waals surface area (Å²) in [5.74, 6) is 1.68. The zero-order chi connectivity index (χ0) is 19.1. The molecule has 0 fully saturated rings. The fourth-order valence-corrected chi connectivity index (χ4v) is 2.59. The predicted molar refractivity (Wildman–Crippen MR) is 108 cm³/mol. The minimum Gasteiger partial charge on any atom is -0.494 e. The Hall–Kier alpha value is -2.98. The van der Waals surface area contributed by atoms with Crippen molar-refractivity contribution in [1.29, 1.82) is 0 Å². The van der Waals surface area contributed by atoms with Gasteiger partial charge in [-0.1, -0.05) is 36.7 Å². The second-order valence-electron chi connectivity index (χ2n) is 5.88. The normalized spacial score (nSPS) is 10.3. The van der Waals surface area contributed by atoms with Crippen LogP contribution in [0.2, 0.25) is 5.02 Å². The summed E-state index contributed by atoms with van der Waals surface area (Å²) in [7, 11) is 0. The van der Waals surface area contributed by atoms with Gasteiger partial charge in [-0.05, 0) is 61.0 Å². The number of nitrogens with one attached hydrogen (secondary N) is 1. The largest absolute Gasteiger partial charge is 0.494 e. The van der Waals surface area contributed by atoms with Crippen molar-refractivity contribution in [2.45, 2.75) is 13.3 Å². The number of rotatable bonds is 7. The highest BCUT2D eigenvalue weighted by Gasteiger charge is 2.12. The van der Waals surface area contributed by atoms with Gasteiger partial charge in [-0.2, -0.15) is 0 Å². The number of halogens is 1. The van der Waals surface area contributed by atoms with Gasteiger partial charge in [-0.25, -0.2) is 0 Å². The molecule has 0 spiro atoms. The Labute approximate surface area is 163 Å². The van der Waals surface area contributed by atoms with Crippen molar-refractivity contribution in [3.05, 3.63) is 83.4 Å². The topological polar surface area (TPSA) is 47.6 Å². The SMILES string of the molecule is CCCOc1ccc(C(=O)Nc2cc(Cl)ccc2Oc2ccccc2)cc1. The maximum Gasteiger partial charge on any atom is 0.255 e. The van der Waals surface area contributed by atoms with Gasteiger partial charge in [0.05, 0.1) is 12.3 Å². The molecule has 1 N–H and O–H groups in total. The number of amides is 1. The van der Waals surface area contributed by atoms with Gasteiger partial charge in [0, 0.05) is 10.6 Å². The fraction of sp³-hybridized carbons (Fsp3) is 0.136. The standard InChI is InChI=1S/C22H20ClNO3/c1-2-14-26-18-11-8-16(9-12-18)22(25)24-20-15-17(23)10-13-21(20)27-19-6-4-3-5-7-19/h3-13,15H,2,14H2,1H3,(H,24,25). The first kappa shape index (κ1) is 18.8. The Morgan fingerprint density at radius 2 is 1.70 bits per heavy atom. The second-order valence-corrected chi connectivity index (χ2v) is 6.32. The van der Waals surface area contributed by atoms with E-state index in [-0.39, 0.29) is 5.91 Å². The molecule has 0 saturated carbocycles. The number of hydrogen-bond acceptors (Lipinski definition) is 3. The summed E-state index contributed by atoms with van der Waals surface area (Å²) in [5.41, 5.74) is 1.02. The summed E-state index contributed by atoms with van der Waals surface area (Å²) in [5, 5.41) is 3.37. The number of carbonyl (C=O) groups is 1. The summed E-state index contributed by atoms with van der Waals surface area (Å²) < 4.78 is 11.4. The minimum absolute atomic E-state index is 0.253. The van der Waals surface area contributed by atoms with Crippen molar-refractivity contribution in [1.82, 2.24) is 0 Å². The van der Waals surface area contributed by atoms with E-state index in [1.165, 1.54) is 0 Å². The van der Waals surface area contributed by atoms with Crippen LogP contribution in [0.4, 0.5) is 5.69 Å². The number of benzene rings is 3. The van der Waals surface area contributed by atoms with Crippen molar-refractivity contribution in [3.8, 4) is 17.2 Å². The molecule has 4 nitrogen and oxygen atoms in total. The highest BCUT2D eigenvalue weighted by atomic mass is 35.5. The van der Waals surface area contributed by atoms with Crippen LogP contribution < -0.4 is 14.8 Å². The van der Waals surface area contributed by atoms with Crippen molar-refractivity contribution >= 4 is 23.2 Å². The fourth-order valence-electron chi connectivity index (χ4n) is 2.42. The lowest BCUT2D eigenvalue weighted by Crippen LogP contribution is -2.12. The molecule has 1 amide bonds. The molecule has 0 saturated heterocycles. The van der Waals surface area contributed by atoms with Crippen LogP contribution in [0.5, 0.6) is 17.2 Å². The Morgan fingerprint density at radius 1 is 0.963 bits per heavy atom. The molecular formula is C22H20ClNO3. The molecule has 0 unspecified atom stereocenters. The molecule has 0 bridgehead atoms. The molecule has 0 aliphatic carbocycles. The third-order valence-corrected chi connectivity index (χ3v) is 3.99. The predicted octanol–water partition coefficient (Wildman–Crippen LogP) is 6.17. The van der Waals surface area contributed by atoms with Crippen molar-refractivity contribution in [3.63, 3.8) is 0 Å². The first-order valence-corrected chi connectivity index (χ1v) is 9.10. The Bertz CT molecular complexity index is 895. The summed E-state index contributed by atoms with van der Waals surface area (Å²) >= 11 is 6.10. The number of hydrogen-bond donors (Lipinski definition) is 1. The van der Waals surface area contributed by atoms with Crippen LogP contribution in [0, 0.1) is 0 Å². The Kier molecular flexibility index (Phi) is 6.34. The molecule has 5 heteroatoms. The molecule has 0 radical (unpaired) electrons. The third-order valence-electron chi connectivity index (χ3n) is 3.75. The highest BCUT2D eigenvalue weighted by molar-refractivity contribution is 6.31. The first-order valence-electron chi connectivity index (χ1n) is 8.72. The van der Waals surface area contributed by atoms with Crippen LogP contribution in [-0.2, 0) is 0 Å². The summed E-state index contributed by atoms with van der Waals surface area (Å²) in [6.07, 6.45) is 0.932. The second kappa shape index (κ2) is 9.10. The van der Waals surface area contributed by atoms with Gasteiger partial charge in [0.2, 0.25) is 0 Å². The third kappa shape index (κ3) is 5.25. The molecular weight excluding hydrogens is 362 g/mol. The van der Waals surface area contributed by atoms with E-state index in [9.17, 15) is 4.79 Å². The van der Waals surface area contributed by atoms with Gasteiger partial charge >= 0.3 is 0 Å². The van der Waals surface area contributed by atoms with Gasteiger partial charge in [-0.15, -0.1) is 0 Å². The van der Waals surface area contributed by atoms with E-state index in [2.05, 4.69) is 5.32 Å². The van der Waals surface area contributed by atoms with Crippen LogP contribution in [0.15, 0.2) is 72.8 Å². The minimum atomic E-state index is -0.253. The first-order chi connectivity index (χ1) is 13.2. The average Bonchev–Trinajstić information content (AvgIpc) is 2.69. The lowest BCUT2D eigenvalue weighted by atomic mass is 10.2. The van der Waals surface area contributed by atoms with Crippen molar-refractivity contribution in [2.24, 2.45) is 0 Å². The van der Waals surface area contributed by atoms with E-state index in [0.29, 0.717) is 34.4 Å². The van der Waals surface area contributed by atoms with E-state index < -0.39 is 0 Å². The van der Waals surface area contributed by atoms with E-state index >= 15 is 0 Å².